The first-order valence-corrected chi connectivity index (χ1v) is 12.1. The van der Waals surface area contributed by atoms with Gasteiger partial charge in [-0.25, -0.2) is 0 Å². The number of rotatable bonds is 11. The summed E-state index contributed by atoms with van der Waals surface area (Å²) in [7, 11) is 0. The van der Waals surface area contributed by atoms with Crippen molar-refractivity contribution in [3.63, 3.8) is 0 Å². The van der Waals surface area contributed by atoms with Crippen molar-refractivity contribution in [3.05, 3.63) is 106 Å². The lowest BCUT2D eigenvalue weighted by Crippen LogP contribution is -2.39. The molecule has 0 amide bonds. The van der Waals surface area contributed by atoms with Gasteiger partial charge in [-0.15, -0.1) is 0 Å². The Labute approximate surface area is 210 Å². The van der Waals surface area contributed by atoms with Crippen molar-refractivity contribution in [1.82, 2.24) is 4.90 Å². The predicted molar refractivity (Wildman–Crippen MR) is 136 cm³/mol. The SMILES string of the molecule is OC(COCc1ccccc1)CN(Cc1cccc(Cl)c1)CC1CC(c2ccc(Cl)cc2)=NO1. The van der Waals surface area contributed by atoms with E-state index in [1.165, 1.54) is 0 Å². The summed E-state index contributed by atoms with van der Waals surface area (Å²) in [5.41, 5.74) is 4.05. The third-order valence-corrected chi connectivity index (χ3v) is 6.05. The first-order valence-electron chi connectivity index (χ1n) is 11.3. The molecule has 3 aromatic rings. The Balaban J connectivity index is 1.34. The smallest absolute Gasteiger partial charge is 0.145 e. The summed E-state index contributed by atoms with van der Waals surface area (Å²) < 4.78 is 5.74. The molecule has 2 unspecified atom stereocenters. The third kappa shape index (κ3) is 7.55. The Morgan fingerprint density at radius 1 is 0.971 bits per heavy atom. The van der Waals surface area contributed by atoms with E-state index in [0.29, 0.717) is 42.7 Å². The maximum Gasteiger partial charge on any atom is 0.145 e. The van der Waals surface area contributed by atoms with Crippen LogP contribution in [0.15, 0.2) is 84.0 Å². The molecule has 1 aliphatic rings. The normalized spacial score (nSPS) is 16.4. The molecule has 34 heavy (non-hydrogen) atoms. The average molecular weight is 499 g/mol. The number of hydrogen-bond acceptors (Lipinski definition) is 5. The van der Waals surface area contributed by atoms with Crippen LogP contribution in [0, 0.1) is 0 Å². The van der Waals surface area contributed by atoms with E-state index in [1.54, 1.807) is 0 Å². The van der Waals surface area contributed by atoms with Crippen molar-refractivity contribution in [2.45, 2.75) is 31.8 Å². The first-order chi connectivity index (χ1) is 16.5. The van der Waals surface area contributed by atoms with E-state index >= 15 is 0 Å². The Hall–Kier alpha value is -2.41. The molecule has 1 N–H and O–H groups in total. The zero-order valence-corrected chi connectivity index (χ0v) is 20.3. The molecule has 0 saturated heterocycles. The zero-order chi connectivity index (χ0) is 23.8. The van der Waals surface area contributed by atoms with Gasteiger partial charge in [-0.2, -0.15) is 0 Å². The predicted octanol–water partition coefficient (Wildman–Crippen LogP) is 5.57. The molecular weight excluding hydrogens is 471 g/mol. The third-order valence-electron chi connectivity index (χ3n) is 5.56. The minimum Gasteiger partial charge on any atom is -0.390 e. The van der Waals surface area contributed by atoms with Crippen LogP contribution in [0.3, 0.4) is 0 Å². The van der Waals surface area contributed by atoms with Crippen molar-refractivity contribution in [3.8, 4) is 0 Å². The van der Waals surface area contributed by atoms with Gasteiger partial charge < -0.3 is 14.7 Å². The quantitative estimate of drug-likeness (QED) is 0.375. The summed E-state index contributed by atoms with van der Waals surface area (Å²) >= 11 is 12.2. The lowest BCUT2D eigenvalue weighted by Gasteiger charge is -2.27. The molecular formula is C27H28Cl2N2O3. The molecule has 1 aliphatic heterocycles. The zero-order valence-electron chi connectivity index (χ0n) is 18.8. The van der Waals surface area contributed by atoms with E-state index in [4.69, 9.17) is 32.8 Å². The van der Waals surface area contributed by atoms with Crippen LogP contribution in [0.25, 0.3) is 0 Å². The summed E-state index contributed by atoms with van der Waals surface area (Å²) in [5.74, 6) is 0. The molecule has 2 atom stereocenters. The lowest BCUT2D eigenvalue weighted by molar-refractivity contribution is -0.00648. The summed E-state index contributed by atoms with van der Waals surface area (Å²) in [4.78, 5) is 7.90. The Morgan fingerprint density at radius 3 is 2.50 bits per heavy atom. The highest BCUT2D eigenvalue weighted by atomic mass is 35.5. The monoisotopic (exact) mass is 498 g/mol. The molecule has 0 spiro atoms. The van der Waals surface area contributed by atoms with Gasteiger partial charge >= 0.3 is 0 Å². The number of hydrogen-bond donors (Lipinski definition) is 1. The van der Waals surface area contributed by atoms with E-state index < -0.39 is 6.10 Å². The Morgan fingerprint density at radius 2 is 1.74 bits per heavy atom. The van der Waals surface area contributed by atoms with E-state index in [0.717, 1.165) is 22.4 Å². The van der Waals surface area contributed by atoms with Gasteiger partial charge in [0.1, 0.15) is 6.10 Å². The van der Waals surface area contributed by atoms with Gasteiger partial charge in [-0.3, -0.25) is 4.90 Å². The van der Waals surface area contributed by atoms with Gasteiger partial charge in [0.05, 0.1) is 25.0 Å². The van der Waals surface area contributed by atoms with Crippen molar-refractivity contribution in [2.75, 3.05) is 19.7 Å². The standard InChI is InChI=1S/C27H28Cl2N2O3/c28-23-11-9-22(10-12-23)27-14-26(34-30-27)17-31(15-21-7-4-8-24(29)13-21)16-25(32)19-33-18-20-5-2-1-3-6-20/h1-13,25-26,32H,14-19H2. The van der Waals surface area contributed by atoms with Crippen molar-refractivity contribution in [2.24, 2.45) is 5.16 Å². The molecule has 178 valence electrons. The highest BCUT2D eigenvalue weighted by Crippen LogP contribution is 2.21. The van der Waals surface area contributed by atoms with E-state index in [2.05, 4.69) is 10.1 Å². The summed E-state index contributed by atoms with van der Waals surface area (Å²) in [6, 6.07) is 25.3. The van der Waals surface area contributed by atoms with Gasteiger partial charge in [-0.1, -0.05) is 83.0 Å². The van der Waals surface area contributed by atoms with Crippen LogP contribution in [0.1, 0.15) is 23.1 Å². The van der Waals surface area contributed by atoms with E-state index in [1.807, 2.05) is 78.9 Å². The summed E-state index contributed by atoms with van der Waals surface area (Å²) in [5, 5.41) is 16.4. The molecule has 5 nitrogen and oxygen atoms in total. The van der Waals surface area contributed by atoms with Gasteiger partial charge in [0.25, 0.3) is 0 Å². The highest BCUT2D eigenvalue weighted by molar-refractivity contribution is 6.31. The van der Waals surface area contributed by atoms with Crippen molar-refractivity contribution >= 4 is 28.9 Å². The van der Waals surface area contributed by atoms with E-state index in [9.17, 15) is 5.11 Å². The van der Waals surface area contributed by atoms with Crippen LogP contribution >= 0.6 is 23.2 Å². The maximum atomic E-state index is 10.7. The van der Waals surface area contributed by atoms with Crippen LogP contribution in [0.2, 0.25) is 10.0 Å². The fraction of sp³-hybridized carbons (Fsp3) is 0.296. The highest BCUT2D eigenvalue weighted by Gasteiger charge is 2.26. The van der Waals surface area contributed by atoms with Crippen LogP contribution in [-0.2, 0) is 22.7 Å². The van der Waals surface area contributed by atoms with Gasteiger partial charge in [0.2, 0.25) is 0 Å². The van der Waals surface area contributed by atoms with Gasteiger partial charge in [0, 0.05) is 36.1 Å². The number of aliphatic hydroxyl groups excluding tert-OH is 1. The van der Waals surface area contributed by atoms with Crippen LogP contribution in [-0.4, -0.2) is 47.6 Å². The Bertz CT molecular complexity index is 1080. The fourth-order valence-corrected chi connectivity index (χ4v) is 4.30. The molecule has 7 heteroatoms. The molecule has 0 fully saturated rings. The molecule has 0 radical (unpaired) electrons. The molecule has 3 aromatic carbocycles. The summed E-state index contributed by atoms with van der Waals surface area (Å²) in [6.45, 7) is 2.40. The molecule has 0 saturated carbocycles. The topological polar surface area (TPSA) is 54.3 Å². The Kier molecular flexibility index (Phi) is 8.97. The largest absolute Gasteiger partial charge is 0.390 e. The number of aliphatic hydroxyl groups is 1. The molecule has 1 heterocycles. The second-order valence-electron chi connectivity index (χ2n) is 8.45. The van der Waals surface area contributed by atoms with E-state index in [-0.39, 0.29) is 12.7 Å². The van der Waals surface area contributed by atoms with Crippen LogP contribution < -0.4 is 0 Å². The minimum atomic E-state index is -0.638. The molecule has 4 rings (SSSR count). The van der Waals surface area contributed by atoms with Gasteiger partial charge in [-0.05, 0) is 41.0 Å². The van der Waals surface area contributed by atoms with Crippen molar-refractivity contribution in [1.29, 1.82) is 0 Å². The second kappa shape index (κ2) is 12.3. The molecule has 0 bridgehead atoms. The molecule has 0 aliphatic carbocycles. The van der Waals surface area contributed by atoms with Crippen LogP contribution in [0.4, 0.5) is 0 Å². The maximum absolute atomic E-state index is 10.7. The number of benzene rings is 3. The fourth-order valence-electron chi connectivity index (χ4n) is 3.96. The van der Waals surface area contributed by atoms with Crippen LogP contribution in [0.5, 0.6) is 0 Å². The van der Waals surface area contributed by atoms with Gasteiger partial charge in [0.15, 0.2) is 0 Å². The minimum absolute atomic E-state index is 0.109. The number of ether oxygens (including phenoxy) is 1. The first kappa shape index (κ1) is 24.7. The lowest BCUT2D eigenvalue weighted by atomic mass is 10.0. The molecule has 0 aromatic heterocycles. The number of oxime groups is 1. The summed E-state index contributed by atoms with van der Waals surface area (Å²) in [6.07, 6.45) is -0.0582. The average Bonchev–Trinajstić information content (AvgIpc) is 3.28. The number of nitrogens with zero attached hydrogens (tertiary/aromatic N) is 2. The second-order valence-corrected chi connectivity index (χ2v) is 9.33. The van der Waals surface area contributed by atoms with Crippen molar-refractivity contribution < 1.29 is 14.7 Å². The number of halogens is 2.